The highest BCUT2D eigenvalue weighted by molar-refractivity contribution is 5.45. The van der Waals surface area contributed by atoms with Crippen molar-refractivity contribution in [3.05, 3.63) is 53.6 Å². The summed E-state index contributed by atoms with van der Waals surface area (Å²) < 4.78 is 38.6. The summed E-state index contributed by atoms with van der Waals surface area (Å²) in [6.45, 7) is 0.314. The van der Waals surface area contributed by atoms with E-state index in [0.717, 1.165) is 11.8 Å². The van der Waals surface area contributed by atoms with Crippen molar-refractivity contribution in [1.82, 2.24) is 4.98 Å². The van der Waals surface area contributed by atoms with Crippen molar-refractivity contribution in [2.24, 2.45) is 0 Å². The molecule has 2 aromatic rings. The molecular formula is C11H9F3N2. The van der Waals surface area contributed by atoms with Crippen LogP contribution in [0.3, 0.4) is 0 Å². The zero-order valence-electron chi connectivity index (χ0n) is 8.23. The molecule has 0 aliphatic rings. The van der Waals surface area contributed by atoms with Crippen LogP contribution in [-0.2, 0) is 6.54 Å². The van der Waals surface area contributed by atoms with E-state index in [-0.39, 0.29) is 5.69 Å². The molecule has 2 rings (SSSR count). The lowest BCUT2D eigenvalue weighted by Crippen LogP contribution is -2.03. The molecular weight excluding hydrogens is 217 g/mol. The molecule has 0 aliphatic heterocycles. The van der Waals surface area contributed by atoms with Crippen LogP contribution >= 0.6 is 0 Å². The summed E-state index contributed by atoms with van der Waals surface area (Å²) in [5, 5.41) is 2.67. The maximum Gasteiger partial charge on any atom is 0.161 e. The Labute approximate surface area is 90.1 Å². The van der Waals surface area contributed by atoms with Crippen LogP contribution in [0.2, 0.25) is 0 Å². The van der Waals surface area contributed by atoms with E-state index in [9.17, 15) is 13.2 Å². The van der Waals surface area contributed by atoms with Gasteiger partial charge in [0.25, 0.3) is 0 Å². The Bertz CT molecular complexity index is 480. The molecule has 0 aliphatic carbocycles. The number of aromatic amines is 1. The number of hydrogen-bond donors (Lipinski definition) is 2. The number of halogens is 3. The van der Waals surface area contributed by atoms with Crippen LogP contribution < -0.4 is 5.32 Å². The number of aromatic nitrogens is 1. The summed E-state index contributed by atoms with van der Waals surface area (Å²) in [7, 11) is 0. The minimum Gasteiger partial charge on any atom is -0.377 e. The van der Waals surface area contributed by atoms with Crippen molar-refractivity contribution in [3.63, 3.8) is 0 Å². The van der Waals surface area contributed by atoms with Crippen molar-refractivity contribution in [1.29, 1.82) is 0 Å². The van der Waals surface area contributed by atoms with Gasteiger partial charge in [0.2, 0.25) is 0 Å². The van der Waals surface area contributed by atoms with Crippen LogP contribution in [0.15, 0.2) is 30.5 Å². The van der Waals surface area contributed by atoms with Crippen LogP contribution in [0.1, 0.15) is 5.69 Å². The largest absolute Gasteiger partial charge is 0.377 e. The third-order valence-electron chi connectivity index (χ3n) is 2.14. The van der Waals surface area contributed by atoms with Gasteiger partial charge in [-0.2, -0.15) is 0 Å². The van der Waals surface area contributed by atoms with E-state index in [1.165, 1.54) is 0 Å². The number of anilines is 1. The van der Waals surface area contributed by atoms with Crippen molar-refractivity contribution < 1.29 is 13.2 Å². The molecule has 5 heteroatoms. The number of rotatable bonds is 3. The maximum atomic E-state index is 13.2. The SMILES string of the molecule is Fc1cc(F)c(NCc2ccc[nH]2)cc1F. The van der Waals surface area contributed by atoms with Gasteiger partial charge in [-0.15, -0.1) is 0 Å². The molecule has 2 N–H and O–H groups in total. The second-order valence-corrected chi connectivity index (χ2v) is 3.30. The van der Waals surface area contributed by atoms with Gasteiger partial charge in [0.05, 0.1) is 12.2 Å². The highest BCUT2D eigenvalue weighted by atomic mass is 19.2. The summed E-state index contributed by atoms with van der Waals surface area (Å²) in [4.78, 5) is 2.90. The van der Waals surface area contributed by atoms with Crippen LogP contribution in [0.5, 0.6) is 0 Å². The van der Waals surface area contributed by atoms with Gasteiger partial charge in [-0.1, -0.05) is 0 Å². The molecule has 1 heterocycles. The molecule has 84 valence electrons. The molecule has 0 fully saturated rings. The molecule has 0 atom stereocenters. The van der Waals surface area contributed by atoms with E-state index in [1.807, 2.05) is 0 Å². The van der Waals surface area contributed by atoms with Crippen molar-refractivity contribution in [3.8, 4) is 0 Å². The van der Waals surface area contributed by atoms with Crippen LogP contribution in [0, 0.1) is 17.5 Å². The Kier molecular flexibility index (Phi) is 2.85. The number of benzene rings is 1. The summed E-state index contributed by atoms with van der Waals surface area (Å²) in [6, 6.07) is 4.91. The summed E-state index contributed by atoms with van der Waals surface area (Å²) in [5.41, 5.74) is 0.762. The van der Waals surface area contributed by atoms with Gasteiger partial charge in [-0.25, -0.2) is 13.2 Å². The van der Waals surface area contributed by atoms with Gasteiger partial charge in [-0.05, 0) is 12.1 Å². The molecule has 0 bridgehead atoms. The average molecular weight is 226 g/mol. The Hall–Kier alpha value is -1.91. The standard InChI is InChI=1S/C11H9F3N2/c12-8-4-10(14)11(5-9(8)13)16-6-7-2-1-3-15-7/h1-5,15-16H,6H2. The monoisotopic (exact) mass is 226 g/mol. The highest BCUT2D eigenvalue weighted by Gasteiger charge is 2.09. The van der Waals surface area contributed by atoms with Crippen molar-refractivity contribution in [2.45, 2.75) is 6.54 Å². The maximum absolute atomic E-state index is 13.2. The topological polar surface area (TPSA) is 27.8 Å². The normalized spacial score (nSPS) is 10.4. The fourth-order valence-corrected chi connectivity index (χ4v) is 1.33. The van der Waals surface area contributed by atoms with Gasteiger partial charge >= 0.3 is 0 Å². The Morgan fingerprint density at radius 2 is 1.81 bits per heavy atom. The lowest BCUT2D eigenvalue weighted by molar-refractivity contribution is 0.496. The predicted octanol–water partition coefficient (Wildman–Crippen LogP) is 3.04. The van der Waals surface area contributed by atoms with Gasteiger partial charge in [0, 0.05) is 24.0 Å². The van der Waals surface area contributed by atoms with Gasteiger partial charge in [0.15, 0.2) is 11.6 Å². The van der Waals surface area contributed by atoms with Crippen LogP contribution in [0.25, 0.3) is 0 Å². The van der Waals surface area contributed by atoms with Crippen LogP contribution in [-0.4, -0.2) is 4.98 Å². The number of hydrogen-bond acceptors (Lipinski definition) is 1. The average Bonchev–Trinajstić information content (AvgIpc) is 2.74. The van der Waals surface area contributed by atoms with Gasteiger partial charge < -0.3 is 10.3 Å². The minimum atomic E-state index is -1.19. The molecule has 0 unspecified atom stereocenters. The van der Waals surface area contributed by atoms with E-state index in [0.29, 0.717) is 12.6 Å². The van der Waals surface area contributed by atoms with E-state index < -0.39 is 17.5 Å². The van der Waals surface area contributed by atoms with E-state index in [4.69, 9.17) is 0 Å². The molecule has 0 amide bonds. The Balaban J connectivity index is 2.12. The van der Waals surface area contributed by atoms with Gasteiger partial charge in [0.1, 0.15) is 5.82 Å². The van der Waals surface area contributed by atoms with E-state index in [1.54, 1.807) is 18.3 Å². The number of H-pyrrole nitrogens is 1. The Morgan fingerprint density at radius 1 is 1.06 bits per heavy atom. The minimum absolute atomic E-state index is 0.0616. The molecule has 0 saturated carbocycles. The third kappa shape index (κ3) is 2.18. The molecule has 1 aromatic carbocycles. The summed E-state index contributed by atoms with van der Waals surface area (Å²) in [6.07, 6.45) is 1.72. The smallest absolute Gasteiger partial charge is 0.161 e. The first-order chi connectivity index (χ1) is 7.66. The lowest BCUT2D eigenvalue weighted by atomic mass is 10.2. The fourth-order valence-electron chi connectivity index (χ4n) is 1.33. The van der Waals surface area contributed by atoms with E-state index >= 15 is 0 Å². The van der Waals surface area contributed by atoms with Gasteiger partial charge in [-0.3, -0.25) is 0 Å². The van der Waals surface area contributed by atoms with Crippen molar-refractivity contribution in [2.75, 3.05) is 5.32 Å². The lowest BCUT2D eigenvalue weighted by Gasteiger charge is -2.06. The molecule has 0 radical (unpaired) electrons. The fraction of sp³-hybridized carbons (Fsp3) is 0.0909. The van der Waals surface area contributed by atoms with E-state index in [2.05, 4.69) is 10.3 Å². The van der Waals surface area contributed by atoms with Crippen molar-refractivity contribution >= 4 is 5.69 Å². The quantitative estimate of drug-likeness (QED) is 0.773. The van der Waals surface area contributed by atoms with Crippen LogP contribution in [0.4, 0.5) is 18.9 Å². The molecule has 16 heavy (non-hydrogen) atoms. The second-order valence-electron chi connectivity index (χ2n) is 3.30. The highest BCUT2D eigenvalue weighted by Crippen LogP contribution is 2.18. The molecule has 2 nitrogen and oxygen atoms in total. The summed E-state index contributed by atoms with van der Waals surface area (Å²) >= 11 is 0. The predicted molar refractivity (Wildman–Crippen MR) is 54.4 cm³/mol. The summed E-state index contributed by atoms with van der Waals surface area (Å²) in [5.74, 6) is -3.08. The molecule has 0 saturated heterocycles. The third-order valence-corrected chi connectivity index (χ3v) is 2.14. The zero-order valence-corrected chi connectivity index (χ0v) is 8.23. The zero-order chi connectivity index (χ0) is 11.5. The first-order valence-electron chi connectivity index (χ1n) is 4.67. The Morgan fingerprint density at radius 3 is 2.50 bits per heavy atom. The molecule has 1 aromatic heterocycles. The second kappa shape index (κ2) is 4.30. The first kappa shape index (κ1) is 10.6. The first-order valence-corrected chi connectivity index (χ1v) is 4.67. The molecule has 0 spiro atoms. The number of nitrogens with one attached hydrogen (secondary N) is 2.